The van der Waals surface area contributed by atoms with Crippen molar-refractivity contribution in [1.29, 1.82) is 0 Å². The molecule has 2 aromatic carbocycles. The Hall–Kier alpha value is -2.00. The van der Waals surface area contributed by atoms with Crippen LogP contribution < -0.4 is 0 Å². The molecule has 0 saturated carbocycles. The minimum Gasteiger partial charge on any atom is -0.293 e. The Morgan fingerprint density at radius 3 is 2.19 bits per heavy atom. The topological polar surface area (TPSA) is 37.4 Å². The Labute approximate surface area is 153 Å². The molecule has 1 atom stereocenters. The summed E-state index contributed by atoms with van der Waals surface area (Å²) < 4.78 is 93.5. The SMILES string of the molecule is O=S(=O)(c1ccc(F)cc1)C(F)(F)C1CCN1CCc1ccc(F)cc1F. The number of likely N-dealkylation sites (tertiary alicyclic amines) is 1. The van der Waals surface area contributed by atoms with Gasteiger partial charge in [-0.1, -0.05) is 6.07 Å². The van der Waals surface area contributed by atoms with E-state index >= 15 is 0 Å². The number of rotatable bonds is 6. The van der Waals surface area contributed by atoms with Gasteiger partial charge >= 0.3 is 5.25 Å². The van der Waals surface area contributed by atoms with Gasteiger partial charge in [-0.25, -0.2) is 21.6 Å². The van der Waals surface area contributed by atoms with E-state index in [0.29, 0.717) is 6.07 Å². The van der Waals surface area contributed by atoms with Crippen LogP contribution in [0.5, 0.6) is 0 Å². The third-order valence-corrected chi connectivity index (χ3v) is 6.57. The van der Waals surface area contributed by atoms with Crippen LogP contribution >= 0.6 is 0 Å². The molecule has 3 rings (SSSR count). The molecular formula is C18H16F5NO2S. The number of sulfone groups is 1. The summed E-state index contributed by atoms with van der Waals surface area (Å²) in [5.41, 5.74) is 0.159. The smallest absolute Gasteiger partial charge is 0.293 e. The van der Waals surface area contributed by atoms with Gasteiger partial charge in [0.1, 0.15) is 17.5 Å². The Kier molecular flexibility index (Phi) is 5.27. The lowest BCUT2D eigenvalue weighted by Crippen LogP contribution is -2.60. The molecule has 1 saturated heterocycles. The van der Waals surface area contributed by atoms with E-state index in [-0.39, 0.29) is 31.5 Å². The Morgan fingerprint density at radius 2 is 1.63 bits per heavy atom. The van der Waals surface area contributed by atoms with E-state index in [1.807, 2.05) is 0 Å². The van der Waals surface area contributed by atoms with Gasteiger partial charge in [-0.05, 0) is 48.7 Å². The molecule has 0 bridgehead atoms. The molecule has 3 nitrogen and oxygen atoms in total. The Bertz CT molecular complexity index is 931. The normalized spacial score (nSPS) is 18.3. The highest BCUT2D eigenvalue weighted by atomic mass is 32.2. The molecule has 0 radical (unpaired) electrons. The summed E-state index contributed by atoms with van der Waals surface area (Å²) in [7, 11) is -5.01. The highest BCUT2D eigenvalue weighted by Crippen LogP contribution is 2.40. The van der Waals surface area contributed by atoms with Crippen molar-refractivity contribution in [3.05, 3.63) is 65.5 Å². The second-order valence-corrected chi connectivity index (χ2v) is 8.37. The molecule has 146 valence electrons. The summed E-state index contributed by atoms with van der Waals surface area (Å²) >= 11 is 0. The van der Waals surface area contributed by atoms with Crippen molar-refractivity contribution in [2.24, 2.45) is 0 Å². The fraction of sp³-hybridized carbons (Fsp3) is 0.333. The monoisotopic (exact) mass is 405 g/mol. The molecule has 0 aliphatic carbocycles. The highest BCUT2D eigenvalue weighted by Gasteiger charge is 2.57. The second-order valence-electron chi connectivity index (χ2n) is 6.35. The molecule has 0 aromatic heterocycles. The van der Waals surface area contributed by atoms with E-state index in [4.69, 9.17) is 0 Å². The predicted molar refractivity (Wildman–Crippen MR) is 88.6 cm³/mol. The van der Waals surface area contributed by atoms with E-state index < -0.39 is 43.5 Å². The first-order valence-corrected chi connectivity index (χ1v) is 9.67. The molecule has 1 aliphatic heterocycles. The maximum atomic E-state index is 14.7. The number of alkyl halides is 2. The van der Waals surface area contributed by atoms with Crippen LogP contribution in [0.2, 0.25) is 0 Å². The van der Waals surface area contributed by atoms with E-state index in [2.05, 4.69) is 0 Å². The van der Waals surface area contributed by atoms with Crippen LogP contribution in [0, 0.1) is 17.5 Å². The van der Waals surface area contributed by atoms with Crippen LogP contribution in [0.1, 0.15) is 12.0 Å². The van der Waals surface area contributed by atoms with E-state index in [0.717, 1.165) is 30.3 Å². The van der Waals surface area contributed by atoms with Gasteiger partial charge in [-0.2, -0.15) is 8.78 Å². The first-order chi connectivity index (χ1) is 12.6. The number of hydrogen-bond acceptors (Lipinski definition) is 3. The molecule has 1 unspecified atom stereocenters. The van der Waals surface area contributed by atoms with Crippen molar-refractivity contribution in [1.82, 2.24) is 4.90 Å². The van der Waals surface area contributed by atoms with Crippen molar-refractivity contribution in [2.75, 3.05) is 13.1 Å². The summed E-state index contributed by atoms with van der Waals surface area (Å²) in [5.74, 6) is -2.25. The molecule has 1 heterocycles. The molecule has 0 amide bonds. The van der Waals surface area contributed by atoms with Crippen LogP contribution in [-0.2, 0) is 16.3 Å². The molecule has 1 aliphatic rings. The molecule has 9 heteroatoms. The zero-order chi connectivity index (χ0) is 19.8. The number of halogens is 5. The minimum absolute atomic E-state index is 0.00173. The van der Waals surface area contributed by atoms with Gasteiger partial charge in [-0.3, -0.25) is 4.90 Å². The minimum atomic E-state index is -5.01. The zero-order valence-corrected chi connectivity index (χ0v) is 14.8. The molecule has 0 spiro atoms. The second kappa shape index (κ2) is 7.20. The highest BCUT2D eigenvalue weighted by molar-refractivity contribution is 7.92. The van der Waals surface area contributed by atoms with Crippen molar-refractivity contribution in [2.45, 2.75) is 29.0 Å². The quantitative estimate of drug-likeness (QED) is 0.542. The summed E-state index contributed by atoms with van der Waals surface area (Å²) in [6.07, 6.45) is -0.00534. The summed E-state index contributed by atoms with van der Waals surface area (Å²) in [5, 5.41) is -4.08. The van der Waals surface area contributed by atoms with Crippen molar-refractivity contribution in [3.63, 3.8) is 0 Å². The summed E-state index contributed by atoms with van der Waals surface area (Å²) in [6.45, 7) is 0.240. The van der Waals surface area contributed by atoms with Crippen LogP contribution in [0.4, 0.5) is 22.0 Å². The fourth-order valence-electron chi connectivity index (χ4n) is 3.03. The van der Waals surface area contributed by atoms with Gasteiger partial charge in [0.05, 0.1) is 10.9 Å². The van der Waals surface area contributed by atoms with Gasteiger partial charge in [0.2, 0.25) is 9.84 Å². The molecular weight excluding hydrogens is 389 g/mol. The molecule has 0 N–H and O–H groups in total. The maximum absolute atomic E-state index is 14.7. The van der Waals surface area contributed by atoms with Crippen molar-refractivity contribution < 1.29 is 30.4 Å². The molecule has 2 aromatic rings. The third kappa shape index (κ3) is 3.70. The van der Waals surface area contributed by atoms with E-state index in [1.54, 1.807) is 0 Å². The summed E-state index contributed by atoms with van der Waals surface area (Å²) in [6, 6.07) is 4.65. The van der Waals surface area contributed by atoms with Crippen molar-refractivity contribution >= 4 is 9.84 Å². The number of hydrogen-bond donors (Lipinski definition) is 0. The molecule has 27 heavy (non-hydrogen) atoms. The van der Waals surface area contributed by atoms with E-state index in [1.165, 1.54) is 11.0 Å². The largest absolute Gasteiger partial charge is 0.365 e. The Balaban J connectivity index is 1.74. The lowest BCUT2D eigenvalue weighted by Gasteiger charge is -2.44. The van der Waals surface area contributed by atoms with E-state index in [9.17, 15) is 30.4 Å². The molecule has 1 fully saturated rings. The van der Waals surface area contributed by atoms with Crippen LogP contribution in [0.15, 0.2) is 47.4 Å². The van der Waals surface area contributed by atoms with Gasteiger partial charge in [-0.15, -0.1) is 0 Å². The van der Waals surface area contributed by atoms with Crippen LogP contribution in [0.25, 0.3) is 0 Å². The third-order valence-electron chi connectivity index (χ3n) is 4.68. The standard InChI is InChI=1S/C18H16F5NO2S/c19-13-3-5-15(6-4-13)27(25,26)18(22,23)17-8-10-24(17)9-7-12-1-2-14(20)11-16(12)21/h1-6,11,17H,7-10H2. The number of nitrogens with zero attached hydrogens (tertiary/aromatic N) is 1. The predicted octanol–water partition coefficient (Wildman–Crippen LogP) is 3.79. The lowest BCUT2D eigenvalue weighted by molar-refractivity contribution is -0.0641. The first-order valence-electron chi connectivity index (χ1n) is 8.19. The van der Waals surface area contributed by atoms with Gasteiger partial charge in [0, 0.05) is 19.2 Å². The van der Waals surface area contributed by atoms with Gasteiger partial charge < -0.3 is 0 Å². The van der Waals surface area contributed by atoms with Crippen LogP contribution in [-0.4, -0.2) is 37.7 Å². The first kappa shape index (κ1) is 19.8. The van der Waals surface area contributed by atoms with Gasteiger partial charge in [0.15, 0.2) is 0 Å². The lowest BCUT2D eigenvalue weighted by atomic mass is 10.0. The maximum Gasteiger partial charge on any atom is 0.365 e. The zero-order valence-electron chi connectivity index (χ0n) is 14.0. The van der Waals surface area contributed by atoms with Gasteiger partial charge in [0.25, 0.3) is 0 Å². The average molecular weight is 405 g/mol. The fourth-order valence-corrected chi connectivity index (χ4v) is 4.46. The number of benzene rings is 2. The average Bonchev–Trinajstić information content (AvgIpc) is 2.55. The summed E-state index contributed by atoms with van der Waals surface area (Å²) in [4.78, 5) is 0.592. The Morgan fingerprint density at radius 1 is 1.00 bits per heavy atom. The van der Waals surface area contributed by atoms with Crippen LogP contribution in [0.3, 0.4) is 0 Å². The van der Waals surface area contributed by atoms with Crippen molar-refractivity contribution in [3.8, 4) is 0 Å².